The van der Waals surface area contributed by atoms with Crippen LogP contribution in [0.15, 0.2) is 54.6 Å². The molecule has 3 aromatic carbocycles. The molecule has 2 nitrogen and oxygen atoms in total. The second-order valence-corrected chi connectivity index (χ2v) is 5.24. The summed E-state index contributed by atoms with van der Waals surface area (Å²) in [6.07, 6.45) is 0.828. The molecule has 0 heterocycles. The van der Waals surface area contributed by atoms with Crippen LogP contribution in [0.25, 0.3) is 10.8 Å². The number of rotatable bonds is 3. The third-order valence-electron chi connectivity index (χ3n) is 3.39. The Hall–Kier alpha value is -2.32. The Labute approximate surface area is 127 Å². The summed E-state index contributed by atoms with van der Waals surface area (Å²) >= 11 is 6.21. The van der Waals surface area contributed by atoms with Crippen LogP contribution in [-0.2, 0) is 0 Å². The summed E-state index contributed by atoms with van der Waals surface area (Å²) in [5, 5.41) is 2.62. The topological polar surface area (TPSA) is 26.3 Å². The Balaban J connectivity index is 2.06. The lowest BCUT2D eigenvalue weighted by molar-refractivity contribution is 0.112. The molecule has 0 aliphatic carbocycles. The minimum Gasteiger partial charge on any atom is -0.456 e. The van der Waals surface area contributed by atoms with E-state index in [-0.39, 0.29) is 0 Å². The summed E-state index contributed by atoms with van der Waals surface area (Å²) < 4.78 is 6.00. The maximum absolute atomic E-state index is 10.8. The van der Waals surface area contributed by atoms with Crippen molar-refractivity contribution in [3.05, 3.63) is 70.7 Å². The van der Waals surface area contributed by atoms with Gasteiger partial charge in [0.25, 0.3) is 0 Å². The summed E-state index contributed by atoms with van der Waals surface area (Å²) in [5.74, 6) is 1.48. The number of aldehydes is 1. The molecule has 0 amide bonds. The normalized spacial score (nSPS) is 10.6. The maximum Gasteiger partial charge on any atom is 0.150 e. The van der Waals surface area contributed by atoms with E-state index in [4.69, 9.17) is 16.3 Å². The summed E-state index contributed by atoms with van der Waals surface area (Å²) in [6.45, 7) is 1.92. The van der Waals surface area contributed by atoms with Crippen molar-refractivity contribution in [1.29, 1.82) is 0 Å². The van der Waals surface area contributed by atoms with Crippen LogP contribution in [0.4, 0.5) is 0 Å². The number of carbonyl (C=O) groups is 1. The molecule has 3 aromatic rings. The predicted molar refractivity (Wildman–Crippen MR) is 85.6 cm³/mol. The van der Waals surface area contributed by atoms with Crippen molar-refractivity contribution in [3.8, 4) is 11.5 Å². The van der Waals surface area contributed by atoms with Gasteiger partial charge in [-0.25, -0.2) is 0 Å². The molecule has 0 N–H and O–H groups in total. The molecule has 0 aliphatic heterocycles. The molecule has 3 rings (SSSR count). The highest BCUT2D eigenvalue weighted by molar-refractivity contribution is 6.35. The van der Waals surface area contributed by atoms with E-state index >= 15 is 0 Å². The van der Waals surface area contributed by atoms with Crippen LogP contribution >= 0.6 is 11.6 Å². The van der Waals surface area contributed by atoms with Crippen LogP contribution in [0.1, 0.15) is 15.9 Å². The maximum atomic E-state index is 10.8. The molecule has 3 heteroatoms. The Morgan fingerprint density at radius 1 is 0.952 bits per heavy atom. The van der Waals surface area contributed by atoms with Gasteiger partial charge in [-0.05, 0) is 42.8 Å². The van der Waals surface area contributed by atoms with Crippen molar-refractivity contribution in [2.75, 3.05) is 0 Å². The molecule has 0 unspecified atom stereocenters. The lowest BCUT2D eigenvalue weighted by Crippen LogP contribution is -1.91. The van der Waals surface area contributed by atoms with Crippen LogP contribution in [0.3, 0.4) is 0 Å². The van der Waals surface area contributed by atoms with Gasteiger partial charge in [-0.15, -0.1) is 0 Å². The van der Waals surface area contributed by atoms with E-state index in [0.717, 1.165) is 34.1 Å². The number of carbonyl (C=O) groups excluding carboxylic acids is 1. The minimum atomic E-state index is 0.640. The number of hydrogen-bond donors (Lipinski definition) is 0. The summed E-state index contributed by atoms with van der Waals surface area (Å²) in [7, 11) is 0. The number of aryl methyl sites for hydroxylation is 1. The molecule has 0 aliphatic rings. The van der Waals surface area contributed by atoms with Gasteiger partial charge in [-0.3, -0.25) is 4.79 Å². The number of halogens is 1. The molecule has 0 aromatic heterocycles. The van der Waals surface area contributed by atoms with Gasteiger partial charge >= 0.3 is 0 Å². The first-order chi connectivity index (χ1) is 10.2. The van der Waals surface area contributed by atoms with Crippen LogP contribution in [0.2, 0.25) is 5.02 Å². The van der Waals surface area contributed by atoms with Crippen LogP contribution in [0, 0.1) is 6.92 Å². The Kier molecular flexibility index (Phi) is 3.63. The average molecular weight is 297 g/mol. The smallest absolute Gasteiger partial charge is 0.150 e. The Morgan fingerprint density at radius 2 is 1.67 bits per heavy atom. The van der Waals surface area contributed by atoms with Gasteiger partial charge in [0.2, 0.25) is 0 Å². The molecular weight excluding hydrogens is 284 g/mol. The van der Waals surface area contributed by atoms with Gasteiger partial charge in [0, 0.05) is 21.4 Å². The van der Waals surface area contributed by atoms with Gasteiger partial charge in [-0.1, -0.05) is 35.9 Å². The number of benzene rings is 3. The van der Waals surface area contributed by atoms with Gasteiger partial charge in [-0.2, -0.15) is 0 Å². The standard InChI is InChI=1S/C18H13ClO2/c1-12-10-13(11-20)6-8-17(12)21-18-9-7-16(19)14-4-2-3-5-15(14)18/h2-11H,1H3. The van der Waals surface area contributed by atoms with Gasteiger partial charge < -0.3 is 4.74 Å². The fourth-order valence-electron chi connectivity index (χ4n) is 2.30. The summed E-state index contributed by atoms with van der Waals surface area (Å²) in [6, 6.07) is 16.9. The van der Waals surface area contributed by atoms with Gasteiger partial charge in [0.05, 0.1) is 0 Å². The zero-order chi connectivity index (χ0) is 14.8. The molecule has 0 atom stereocenters. The van der Waals surface area contributed by atoms with Crippen molar-refractivity contribution in [2.45, 2.75) is 6.92 Å². The molecule has 21 heavy (non-hydrogen) atoms. The van der Waals surface area contributed by atoms with E-state index in [1.807, 2.05) is 49.4 Å². The molecule has 0 bridgehead atoms. The van der Waals surface area contributed by atoms with Crippen LogP contribution in [0.5, 0.6) is 11.5 Å². The second kappa shape index (κ2) is 5.58. The Morgan fingerprint density at radius 3 is 2.38 bits per heavy atom. The second-order valence-electron chi connectivity index (χ2n) is 4.84. The number of fused-ring (bicyclic) bond motifs is 1. The third-order valence-corrected chi connectivity index (χ3v) is 3.72. The van der Waals surface area contributed by atoms with Crippen molar-refractivity contribution in [1.82, 2.24) is 0 Å². The monoisotopic (exact) mass is 296 g/mol. The molecule has 104 valence electrons. The summed E-state index contributed by atoms with van der Waals surface area (Å²) in [4.78, 5) is 10.8. The first kappa shape index (κ1) is 13.7. The molecule has 0 saturated carbocycles. The van der Waals surface area contributed by atoms with Crippen LogP contribution < -0.4 is 4.74 Å². The molecular formula is C18H13ClO2. The fraction of sp³-hybridized carbons (Fsp3) is 0.0556. The van der Waals surface area contributed by atoms with E-state index in [0.29, 0.717) is 10.6 Å². The Bertz CT molecular complexity index is 825. The van der Waals surface area contributed by atoms with Crippen LogP contribution in [-0.4, -0.2) is 6.29 Å². The van der Waals surface area contributed by atoms with Crippen molar-refractivity contribution < 1.29 is 9.53 Å². The highest BCUT2D eigenvalue weighted by atomic mass is 35.5. The molecule has 0 fully saturated rings. The van der Waals surface area contributed by atoms with E-state index in [1.165, 1.54) is 0 Å². The van der Waals surface area contributed by atoms with Crippen molar-refractivity contribution >= 4 is 28.7 Å². The van der Waals surface area contributed by atoms with Crippen molar-refractivity contribution in [2.24, 2.45) is 0 Å². The van der Waals surface area contributed by atoms with Gasteiger partial charge in [0.1, 0.15) is 17.8 Å². The minimum absolute atomic E-state index is 0.640. The highest BCUT2D eigenvalue weighted by Crippen LogP contribution is 2.35. The lowest BCUT2D eigenvalue weighted by atomic mass is 10.1. The van der Waals surface area contributed by atoms with Gasteiger partial charge in [0.15, 0.2) is 0 Å². The zero-order valence-corrected chi connectivity index (χ0v) is 12.2. The SMILES string of the molecule is Cc1cc(C=O)ccc1Oc1ccc(Cl)c2ccccc12. The lowest BCUT2D eigenvalue weighted by Gasteiger charge is -2.12. The average Bonchev–Trinajstić information content (AvgIpc) is 2.52. The van der Waals surface area contributed by atoms with E-state index in [2.05, 4.69) is 0 Å². The first-order valence-corrected chi connectivity index (χ1v) is 6.98. The number of ether oxygens (including phenoxy) is 1. The largest absolute Gasteiger partial charge is 0.456 e. The van der Waals surface area contributed by atoms with Crippen molar-refractivity contribution in [3.63, 3.8) is 0 Å². The molecule has 0 radical (unpaired) electrons. The quantitative estimate of drug-likeness (QED) is 0.604. The highest BCUT2D eigenvalue weighted by Gasteiger charge is 2.08. The van der Waals surface area contributed by atoms with E-state index in [9.17, 15) is 4.79 Å². The van der Waals surface area contributed by atoms with E-state index in [1.54, 1.807) is 12.1 Å². The first-order valence-electron chi connectivity index (χ1n) is 6.60. The molecule has 0 saturated heterocycles. The summed E-state index contributed by atoms with van der Waals surface area (Å²) in [5.41, 5.74) is 1.56. The predicted octanol–water partition coefficient (Wildman–Crippen LogP) is 5.41. The number of hydrogen-bond acceptors (Lipinski definition) is 2. The fourth-order valence-corrected chi connectivity index (χ4v) is 2.53. The molecule has 0 spiro atoms. The van der Waals surface area contributed by atoms with E-state index < -0.39 is 0 Å². The third kappa shape index (κ3) is 2.63. The zero-order valence-electron chi connectivity index (χ0n) is 11.5.